The van der Waals surface area contributed by atoms with Gasteiger partial charge in [0.25, 0.3) is 0 Å². The summed E-state index contributed by atoms with van der Waals surface area (Å²) in [7, 11) is -0.601. The van der Waals surface area contributed by atoms with Crippen LogP contribution in [0, 0.1) is 17.2 Å². The molecule has 3 unspecified atom stereocenters. The normalized spacial score (nSPS) is 32.8. The predicted molar refractivity (Wildman–Crippen MR) is 121 cm³/mol. The molecular weight excluding hydrogens is 447 g/mol. The van der Waals surface area contributed by atoms with Crippen LogP contribution in [0.5, 0.6) is 0 Å². The molecule has 3 aliphatic rings. The van der Waals surface area contributed by atoms with E-state index in [9.17, 15) is 18.5 Å². The molecule has 1 saturated carbocycles. The van der Waals surface area contributed by atoms with Gasteiger partial charge in [0.05, 0.1) is 28.8 Å². The van der Waals surface area contributed by atoms with Crippen LogP contribution in [0.3, 0.4) is 0 Å². The molecule has 3 N–H and O–H groups in total. The van der Waals surface area contributed by atoms with E-state index in [1.807, 2.05) is 5.01 Å². The van der Waals surface area contributed by atoms with Crippen molar-refractivity contribution in [1.82, 2.24) is 20.1 Å². The molecule has 2 aliphatic heterocycles. The number of rotatable bonds is 6. The highest BCUT2D eigenvalue weighted by atomic mass is 32.2. The molecular formula is C22H31FN6O3S. The Morgan fingerprint density at radius 1 is 1.27 bits per heavy atom. The van der Waals surface area contributed by atoms with Crippen LogP contribution in [0.4, 0.5) is 10.1 Å². The number of halogens is 1. The van der Waals surface area contributed by atoms with Crippen LogP contribution in [-0.2, 0) is 14.8 Å². The smallest absolute Gasteiger partial charge is 0.242 e. The van der Waals surface area contributed by atoms with Gasteiger partial charge in [0.1, 0.15) is 12.3 Å². The summed E-state index contributed by atoms with van der Waals surface area (Å²) in [6.45, 7) is 0.502. The van der Waals surface area contributed by atoms with Gasteiger partial charge in [-0.1, -0.05) is 12.8 Å². The SMILES string of the molecule is CN(C)S(=O)(=O)c1ccc(NC2NN([C@@]3(CC#N)CCCC[C@H]3F)C3CCNC(=O)C23)cc1. The molecule has 1 aliphatic carbocycles. The minimum atomic E-state index is -3.55. The number of hydrogen-bond donors (Lipinski definition) is 3. The van der Waals surface area contributed by atoms with Gasteiger partial charge in [-0.15, -0.1) is 0 Å². The molecule has 3 fully saturated rings. The molecule has 11 heteroatoms. The van der Waals surface area contributed by atoms with Gasteiger partial charge in [-0.05, 0) is 43.5 Å². The Morgan fingerprint density at radius 2 is 2.00 bits per heavy atom. The van der Waals surface area contributed by atoms with Crippen LogP contribution in [0.15, 0.2) is 29.2 Å². The molecule has 1 aromatic carbocycles. The molecule has 2 heterocycles. The first-order valence-electron chi connectivity index (χ1n) is 11.3. The van der Waals surface area contributed by atoms with E-state index in [4.69, 9.17) is 0 Å². The highest BCUT2D eigenvalue weighted by Gasteiger charge is 2.57. The topological polar surface area (TPSA) is 118 Å². The lowest BCUT2D eigenvalue weighted by atomic mass is 9.76. The number of anilines is 1. The minimum Gasteiger partial charge on any atom is -0.368 e. The van der Waals surface area contributed by atoms with Crippen LogP contribution in [-0.4, -0.2) is 68.2 Å². The first-order valence-corrected chi connectivity index (χ1v) is 12.8. The van der Waals surface area contributed by atoms with Crippen LogP contribution in [0.25, 0.3) is 0 Å². The Morgan fingerprint density at radius 3 is 2.64 bits per heavy atom. The molecule has 0 radical (unpaired) electrons. The second-order valence-corrected chi connectivity index (χ2v) is 11.4. The Balaban J connectivity index is 1.61. The molecule has 1 amide bonds. The highest BCUT2D eigenvalue weighted by Crippen LogP contribution is 2.43. The number of carbonyl (C=O) groups excluding carboxylic acids is 1. The summed E-state index contributed by atoms with van der Waals surface area (Å²) in [4.78, 5) is 13.0. The summed E-state index contributed by atoms with van der Waals surface area (Å²) in [5.74, 6) is -0.600. The molecule has 1 aromatic rings. The fraction of sp³-hybridized carbons (Fsp3) is 0.636. The van der Waals surface area contributed by atoms with Crippen LogP contribution >= 0.6 is 0 Å². The molecule has 5 atom stereocenters. The number of nitrogens with zero attached hydrogens (tertiary/aromatic N) is 3. The third kappa shape index (κ3) is 4.21. The van der Waals surface area contributed by atoms with Crippen molar-refractivity contribution in [3.05, 3.63) is 24.3 Å². The van der Waals surface area contributed by atoms with Gasteiger partial charge in [0, 0.05) is 32.4 Å². The quantitative estimate of drug-likeness (QED) is 0.568. The van der Waals surface area contributed by atoms with Gasteiger partial charge in [0.15, 0.2) is 0 Å². The van der Waals surface area contributed by atoms with E-state index >= 15 is 4.39 Å². The van der Waals surface area contributed by atoms with E-state index in [2.05, 4.69) is 22.1 Å². The van der Waals surface area contributed by atoms with Crippen molar-refractivity contribution in [2.75, 3.05) is 26.0 Å². The van der Waals surface area contributed by atoms with E-state index in [1.165, 1.54) is 26.2 Å². The summed E-state index contributed by atoms with van der Waals surface area (Å²) < 4.78 is 41.2. The van der Waals surface area contributed by atoms with Gasteiger partial charge in [-0.25, -0.2) is 27.5 Å². The average molecular weight is 479 g/mol. The number of sulfonamides is 1. The number of benzene rings is 1. The Bertz CT molecular complexity index is 1030. The third-order valence-corrected chi connectivity index (χ3v) is 8.98. The van der Waals surface area contributed by atoms with Gasteiger partial charge in [-0.2, -0.15) is 5.26 Å². The van der Waals surface area contributed by atoms with Gasteiger partial charge >= 0.3 is 0 Å². The van der Waals surface area contributed by atoms with E-state index in [-0.39, 0.29) is 23.3 Å². The maximum atomic E-state index is 15.4. The monoisotopic (exact) mass is 478 g/mol. The fourth-order valence-electron chi connectivity index (χ4n) is 5.37. The summed E-state index contributed by atoms with van der Waals surface area (Å²) in [5, 5.41) is 17.6. The maximum Gasteiger partial charge on any atom is 0.242 e. The molecule has 4 rings (SSSR count). The Kier molecular flexibility index (Phi) is 6.64. The number of hydrogen-bond acceptors (Lipinski definition) is 7. The summed E-state index contributed by atoms with van der Waals surface area (Å²) in [6, 6.07) is 8.27. The van der Waals surface area contributed by atoms with Gasteiger partial charge < -0.3 is 10.6 Å². The number of alkyl halides is 1. The van der Waals surface area contributed by atoms with Crippen LogP contribution in [0.2, 0.25) is 0 Å². The van der Waals surface area contributed by atoms with Crippen molar-refractivity contribution in [3.63, 3.8) is 0 Å². The van der Waals surface area contributed by atoms with E-state index in [0.29, 0.717) is 31.5 Å². The van der Waals surface area contributed by atoms with Gasteiger partial charge in [0.2, 0.25) is 15.9 Å². The first-order chi connectivity index (χ1) is 15.7. The summed E-state index contributed by atoms with van der Waals surface area (Å²) in [6.07, 6.45) is 1.63. The predicted octanol–water partition coefficient (Wildman–Crippen LogP) is 1.56. The van der Waals surface area contributed by atoms with E-state index in [0.717, 1.165) is 17.1 Å². The average Bonchev–Trinajstić information content (AvgIpc) is 3.16. The molecule has 0 aromatic heterocycles. The molecule has 0 bridgehead atoms. The largest absolute Gasteiger partial charge is 0.368 e. The maximum absolute atomic E-state index is 15.4. The zero-order valence-corrected chi connectivity index (χ0v) is 19.7. The first kappa shape index (κ1) is 23.9. The van der Waals surface area contributed by atoms with Gasteiger partial charge in [-0.3, -0.25) is 4.79 Å². The van der Waals surface area contributed by atoms with Crippen molar-refractivity contribution < 1.29 is 17.6 Å². The molecule has 9 nitrogen and oxygen atoms in total. The Labute approximate surface area is 194 Å². The minimum absolute atomic E-state index is 0.0514. The number of piperidine rings is 1. The number of nitrogens with one attached hydrogen (secondary N) is 3. The molecule has 2 saturated heterocycles. The summed E-state index contributed by atoms with van der Waals surface area (Å²) in [5.41, 5.74) is 3.02. The highest BCUT2D eigenvalue weighted by molar-refractivity contribution is 7.89. The van der Waals surface area contributed by atoms with E-state index in [1.54, 1.807) is 12.1 Å². The number of hydrazine groups is 1. The third-order valence-electron chi connectivity index (χ3n) is 7.15. The molecule has 180 valence electrons. The molecule has 33 heavy (non-hydrogen) atoms. The van der Waals surface area contributed by atoms with Crippen LogP contribution in [0.1, 0.15) is 38.5 Å². The standard InChI is InChI=1S/C22H31FN6O3S/c1-28(2)33(31,32)16-8-6-15(7-9-16)26-20-19-17(10-14-25-21(19)30)29(27-20)22(12-13-24)11-4-3-5-18(22)23/h6-9,17-20,26-27H,3-5,10-12,14H2,1-2H3,(H,25,30)/t17?,18-,19?,20?,22-/m1/s1. The zero-order chi connectivity index (χ0) is 23.8. The lowest BCUT2D eigenvalue weighted by Crippen LogP contribution is -2.63. The van der Waals surface area contributed by atoms with Crippen molar-refractivity contribution in [2.24, 2.45) is 5.92 Å². The number of amides is 1. The second kappa shape index (κ2) is 9.18. The van der Waals surface area contributed by atoms with Crippen molar-refractivity contribution in [2.45, 2.75) is 67.3 Å². The number of fused-ring (bicyclic) bond motifs is 1. The van der Waals surface area contributed by atoms with E-state index < -0.39 is 33.8 Å². The van der Waals surface area contributed by atoms with Crippen molar-refractivity contribution in [1.29, 1.82) is 5.26 Å². The lowest BCUT2D eigenvalue weighted by Gasteiger charge is -2.48. The fourth-order valence-corrected chi connectivity index (χ4v) is 6.27. The van der Waals surface area contributed by atoms with Crippen molar-refractivity contribution in [3.8, 4) is 6.07 Å². The molecule has 0 spiro atoms. The summed E-state index contributed by atoms with van der Waals surface area (Å²) >= 11 is 0. The number of carbonyl (C=O) groups is 1. The van der Waals surface area contributed by atoms with Crippen molar-refractivity contribution >= 4 is 21.6 Å². The lowest BCUT2D eigenvalue weighted by molar-refractivity contribution is -0.129. The van der Waals surface area contributed by atoms with Crippen LogP contribution < -0.4 is 16.1 Å². The zero-order valence-electron chi connectivity index (χ0n) is 18.9. The number of nitriles is 1. The second-order valence-electron chi connectivity index (χ2n) is 9.26. The Hall–Kier alpha value is -2.26.